The second-order valence-corrected chi connectivity index (χ2v) is 5.29. The van der Waals surface area contributed by atoms with E-state index in [2.05, 4.69) is 0 Å². The summed E-state index contributed by atoms with van der Waals surface area (Å²) in [6.45, 7) is 4.13. The van der Waals surface area contributed by atoms with Crippen molar-refractivity contribution in [2.75, 3.05) is 0 Å². The molecule has 0 saturated carbocycles. The van der Waals surface area contributed by atoms with Crippen LogP contribution in [0.4, 0.5) is 0 Å². The fourth-order valence-corrected chi connectivity index (χ4v) is 2.14. The molecule has 0 radical (unpaired) electrons. The summed E-state index contributed by atoms with van der Waals surface area (Å²) in [5.74, 6) is -0.0607. The fourth-order valence-electron chi connectivity index (χ4n) is 2.14. The van der Waals surface area contributed by atoms with Gasteiger partial charge < -0.3 is 9.84 Å². The normalized spacial score (nSPS) is 13.4. The van der Waals surface area contributed by atoms with Crippen LogP contribution in [0.5, 0.6) is 5.75 Å². The molecule has 0 bridgehead atoms. The number of benzene rings is 2. The molecule has 0 heterocycles. The maximum absolute atomic E-state index is 11.4. The average molecular weight is 284 g/mol. The predicted octanol–water partition coefficient (Wildman–Crippen LogP) is 4.02. The highest BCUT2D eigenvalue weighted by molar-refractivity contribution is 5.80. The summed E-state index contributed by atoms with van der Waals surface area (Å²) >= 11 is 0. The van der Waals surface area contributed by atoms with Gasteiger partial charge in [-0.2, -0.15) is 0 Å². The largest absolute Gasteiger partial charge is 0.489 e. The van der Waals surface area contributed by atoms with Gasteiger partial charge in [-0.1, -0.05) is 49.4 Å². The molecule has 21 heavy (non-hydrogen) atoms. The van der Waals surface area contributed by atoms with Crippen LogP contribution >= 0.6 is 0 Å². The van der Waals surface area contributed by atoms with Crippen molar-refractivity contribution in [3.8, 4) is 5.75 Å². The van der Waals surface area contributed by atoms with Crippen molar-refractivity contribution < 1.29 is 14.6 Å². The maximum atomic E-state index is 11.4. The zero-order valence-electron chi connectivity index (χ0n) is 12.4. The third kappa shape index (κ3) is 3.43. The van der Waals surface area contributed by atoms with E-state index in [1.165, 1.54) is 0 Å². The Kier molecular flexibility index (Phi) is 4.63. The van der Waals surface area contributed by atoms with Crippen LogP contribution in [0, 0.1) is 0 Å². The Morgan fingerprint density at radius 3 is 2.24 bits per heavy atom. The molecular formula is C18H20O3. The van der Waals surface area contributed by atoms with E-state index in [0.29, 0.717) is 13.0 Å². The SMILES string of the molecule is CCC(C)(C(=O)O)c1ccc(OCc2ccccc2)cc1. The Labute approximate surface area is 125 Å². The smallest absolute Gasteiger partial charge is 0.313 e. The zero-order chi connectivity index (χ0) is 15.3. The highest BCUT2D eigenvalue weighted by Crippen LogP contribution is 2.29. The van der Waals surface area contributed by atoms with Crippen LogP contribution in [0.3, 0.4) is 0 Å². The summed E-state index contributed by atoms with van der Waals surface area (Å²) < 4.78 is 5.71. The number of hydrogen-bond acceptors (Lipinski definition) is 2. The van der Waals surface area contributed by atoms with Crippen LogP contribution in [0.15, 0.2) is 54.6 Å². The van der Waals surface area contributed by atoms with Crippen LogP contribution in [-0.4, -0.2) is 11.1 Å². The molecule has 2 aromatic carbocycles. The van der Waals surface area contributed by atoms with E-state index in [1.807, 2.05) is 61.5 Å². The first kappa shape index (κ1) is 15.1. The minimum atomic E-state index is -0.849. The minimum absolute atomic E-state index is 0.504. The molecule has 1 N–H and O–H groups in total. The summed E-state index contributed by atoms with van der Waals surface area (Å²) in [4.78, 5) is 11.4. The Morgan fingerprint density at radius 1 is 1.10 bits per heavy atom. The van der Waals surface area contributed by atoms with E-state index in [1.54, 1.807) is 6.92 Å². The quantitative estimate of drug-likeness (QED) is 0.871. The van der Waals surface area contributed by atoms with Crippen molar-refractivity contribution in [1.29, 1.82) is 0 Å². The van der Waals surface area contributed by atoms with Gasteiger partial charge in [0.1, 0.15) is 12.4 Å². The van der Waals surface area contributed by atoms with Gasteiger partial charge in [-0.3, -0.25) is 4.79 Å². The zero-order valence-corrected chi connectivity index (χ0v) is 12.4. The number of ether oxygens (including phenoxy) is 1. The van der Waals surface area contributed by atoms with Crippen molar-refractivity contribution in [3.63, 3.8) is 0 Å². The van der Waals surface area contributed by atoms with Crippen LogP contribution in [0.25, 0.3) is 0 Å². The van der Waals surface area contributed by atoms with Gasteiger partial charge in [0.25, 0.3) is 0 Å². The molecule has 0 fully saturated rings. The number of carbonyl (C=O) groups is 1. The molecule has 1 unspecified atom stereocenters. The Bertz CT molecular complexity index is 590. The summed E-state index contributed by atoms with van der Waals surface area (Å²) in [5.41, 5.74) is 1.05. The Morgan fingerprint density at radius 2 is 1.71 bits per heavy atom. The molecule has 2 aromatic rings. The molecule has 0 aromatic heterocycles. The molecule has 0 spiro atoms. The van der Waals surface area contributed by atoms with Crippen LogP contribution in [-0.2, 0) is 16.8 Å². The van der Waals surface area contributed by atoms with Crippen molar-refractivity contribution in [2.45, 2.75) is 32.3 Å². The van der Waals surface area contributed by atoms with E-state index in [9.17, 15) is 9.90 Å². The van der Waals surface area contributed by atoms with Crippen LogP contribution < -0.4 is 4.74 Å². The lowest BCUT2D eigenvalue weighted by Crippen LogP contribution is -2.31. The summed E-state index contributed by atoms with van der Waals surface area (Å²) in [5, 5.41) is 9.38. The number of aliphatic carboxylic acids is 1. The van der Waals surface area contributed by atoms with Crippen molar-refractivity contribution in [1.82, 2.24) is 0 Å². The highest BCUT2D eigenvalue weighted by Gasteiger charge is 2.32. The van der Waals surface area contributed by atoms with E-state index in [-0.39, 0.29) is 0 Å². The molecule has 0 aliphatic heterocycles. The molecular weight excluding hydrogens is 264 g/mol. The minimum Gasteiger partial charge on any atom is -0.489 e. The van der Waals surface area contributed by atoms with Gasteiger partial charge in [0.05, 0.1) is 5.41 Å². The summed E-state index contributed by atoms with van der Waals surface area (Å²) in [7, 11) is 0. The Balaban J connectivity index is 2.07. The lowest BCUT2D eigenvalue weighted by molar-refractivity contribution is -0.143. The molecule has 0 amide bonds. The monoisotopic (exact) mass is 284 g/mol. The molecule has 110 valence electrons. The van der Waals surface area contributed by atoms with Gasteiger partial charge in [0.15, 0.2) is 0 Å². The highest BCUT2D eigenvalue weighted by atomic mass is 16.5. The fraction of sp³-hybridized carbons (Fsp3) is 0.278. The van der Waals surface area contributed by atoms with Crippen LogP contribution in [0.2, 0.25) is 0 Å². The molecule has 0 aliphatic carbocycles. The third-order valence-electron chi connectivity index (χ3n) is 3.92. The van der Waals surface area contributed by atoms with E-state index >= 15 is 0 Å². The first-order chi connectivity index (χ1) is 10.1. The number of carboxylic acid groups (broad SMARTS) is 1. The standard InChI is InChI=1S/C18H20O3/c1-3-18(2,17(19)20)15-9-11-16(12-10-15)21-13-14-7-5-4-6-8-14/h4-12H,3,13H2,1-2H3,(H,19,20). The second kappa shape index (κ2) is 6.44. The first-order valence-corrected chi connectivity index (χ1v) is 7.07. The third-order valence-corrected chi connectivity index (χ3v) is 3.92. The molecule has 1 atom stereocenters. The number of carboxylic acids is 1. The van der Waals surface area contributed by atoms with Crippen molar-refractivity contribution in [2.24, 2.45) is 0 Å². The van der Waals surface area contributed by atoms with Gasteiger partial charge in [-0.15, -0.1) is 0 Å². The Hall–Kier alpha value is -2.29. The number of hydrogen-bond donors (Lipinski definition) is 1. The van der Waals surface area contributed by atoms with Gasteiger partial charge in [-0.25, -0.2) is 0 Å². The maximum Gasteiger partial charge on any atom is 0.313 e. The molecule has 0 saturated heterocycles. The summed E-state index contributed by atoms with van der Waals surface area (Å²) in [6, 6.07) is 17.2. The summed E-state index contributed by atoms with van der Waals surface area (Å²) in [6.07, 6.45) is 0.548. The number of rotatable bonds is 6. The van der Waals surface area contributed by atoms with Gasteiger partial charge in [0.2, 0.25) is 0 Å². The van der Waals surface area contributed by atoms with E-state index in [4.69, 9.17) is 4.74 Å². The van der Waals surface area contributed by atoms with Crippen molar-refractivity contribution in [3.05, 3.63) is 65.7 Å². The molecule has 3 heteroatoms. The van der Waals surface area contributed by atoms with Gasteiger partial charge in [-0.05, 0) is 36.6 Å². The lowest BCUT2D eigenvalue weighted by Gasteiger charge is -2.23. The van der Waals surface area contributed by atoms with Crippen molar-refractivity contribution >= 4 is 5.97 Å². The molecule has 0 aliphatic rings. The topological polar surface area (TPSA) is 46.5 Å². The van der Waals surface area contributed by atoms with E-state index in [0.717, 1.165) is 16.9 Å². The molecule has 2 rings (SSSR count). The average Bonchev–Trinajstić information content (AvgIpc) is 2.53. The first-order valence-electron chi connectivity index (χ1n) is 7.07. The lowest BCUT2D eigenvalue weighted by atomic mass is 9.80. The predicted molar refractivity (Wildman–Crippen MR) is 82.5 cm³/mol. The van der Waals surface area contributed by atoms with Gasteiger partial charge in [0, 0.05) is 0 Å². The molecule has 3 nitrogen and oxygen atoms in total. The second-order valence-electron chi connectivity index (χ2n) is 5.29. The van der Waals surface area contributed by atoms with Crippen LogP contribution in [0.1, 0.15) is 31.4 Å². The van der Waals surface area contributed by atoms with Gasteiger partial charge >= 0.3 is 5.97 Å². The van der Waals surface area contributed by atoms with E-state index < -0.39 is 11.4 Å².